The average Bonchev–Trinajstić information content (AvgIpc) is 3.06. The van der Waals surface area contributed by atoms with Crippen molar-refractivity contribution >= 4 is 27.7 Å². The Bertz CT molecular complexity index is 979. The molecular weight excluding hydrogens is 398 g/mol. The highest BCUT2D eigenvalue weighted by molar-refractivity contribution is 9.10. The molecule has 2 heterocycles. The number of hydrogen-bond donors (Lipinski definition) is 1. The van der Waals surface area contributed by atoms with Crippen LogP contribution in [0.4, 0.5) is 5.82 Å². The number of anilines is 1. The number of benzene rings is 1. The lowest BCUT2D eigenvalue weighted by atomic mass is 10.2. The van der Waals surface area contributed by atoms with Crippen LogP contribution in [-0.2, 0) is 13.1 Å². The molecule has 0 atom stereocenters. The summed E-state index contributed by atoms with van der Waals surface area (Å²) in [5.41, 5.74) is 1.01. The molecule has 8 heteroatoms. The van der Waals surface area contributed by atoms with Gasteiger partial charge in [-0.1, -0.05) is 41.1 Å². The number of carbonyl (C=O) groups is 1. The van der Waals surface area contributed by atoms with Crippen LogP contribution in [0.5, 0.6) is 0 Å². The van der Waals surface area contributed by atoms with Crippen molar-refractivity contribution in [3.8, 4) is 0 Å². The van der Waals surface area contributed by atoms with Gasteiger partial charge in [-0.2, -0.15) is 10.2 Å². The minimum Gasteiger partial charge on any atom is -0.305 e. The molecule has 1 amide bonds. The number of nitrogens with one attached hydrogen (secondary N) is 1. The SMILES string of the molecule is CCCn1nc(C(=O)Nc2ccnn2Cc2ccccc2Br)ccc1=O. The maximum Gasteiger partial charge on any atom is 0.277 e. The van der Waals surface area contributed by atoms with Crippen LogP contribution < -0.4 is 10.9 Å². The van der Waals surface area contributed by atoms with Gasteiger partial charge in [0.05, 0.1) is 12.7 Å². The van der Waals surface area contributed by atoms with Gasteiger partial charge in [-0.25, -0.2) is 9.36 Å². The average molecular weight is 416 g/mol. The van der Waals surface area contributed by atoms with Gasteiger partial charge in [-0.3, -0.25) is 9.59 Å². The van der Waals surface area contributed by atoms with Crippen LogP contribution >= 0.6 is 15.9 Å². The van der Waals surface area contributed by atoms with Gasteiger partial charge in [0.1, 0.15) is 11.5 Å². The molecule has 0 radical (unpaired) electrons. The summed E-state index contributed by atoms with van der Waals surface area (Å²) >= 11 is 3.51. The Balaban J connectivity index is 1.79. The van der Waals surface area contributed by atoms with Crippen molar-refractivity contribution in [2.24, 2.45) is 0 Å². The van der Waals surface area contributed by atoms with Crippen LogP contribution in [-0.4, -0.2) is 25.5 Å². The number of rotatable bonds is 6. The fraction of sp³-hybridized carbons (Fsp3) is 0.222. The molecule has 0 bridgehead atoms. The number of aromatic nitrogens is 4. The predicted octanol–water partition coefficient (Wildman–Crippen LogP) is 2.91. The smallest absolute Gasteiger partial charge is 0.277 e. The van der Waals surface area contributed by atoms with Crippen LogP contribution in [0.15, 0.2) is 57.9 Å². The van der Waals surface area contributed by atoms with E-state index in [2.05, 4.69) is 31.4 Å². The molecule has 0 aliphatic rings. The standard InChI is InChI=1S/C18H18BrN5O2/c1-2-11-23-17(25)8-7-15(22-23)18(26)21-16-9-10-20-24(16)12-13-5-3-4-6-14(13)19/h3-10H,2,11-12H2,1H3,(H,21,26). The molecule has 3 rings (SSSR count). The predicted molar refractivity (Wildman–Crippen MR) is 102 cm³/mol. The number of hydrogen-bond acceptors (Lipinski definition) is 4. The molecule has 0 aliphatic heterocycles. The van der Waals surface area contributed by atoms with E-state index in [1.807, 2.05) is 31.2 Å². The monoisotopic (exact) mass is 415 g/mol. The minimum atomic E-state index is -0.385. The van der Waals surface area contributed by atoms with Crippen LogP contribution in [0.25, 0.3) is 0 Å². The normalized spacial score (nSPS) is 10.7. The van der Waals surface area contributed by atoms with E-state index in [0.29, 0.717) is 18.9 Å². The Hall–Kier alpha value is -2.74. The third-order valence-electron chi connectivity index (χ3n) is 3.77. The highest BCUT2D eigenvalue weighted by Crippen LogP contribution is 2.19. The van der Waals surface area contributed by atoms with Crippen LogP contribution in [0, 0.1) is 0 Å². The zero-order chi connectivity index (χ0) is 18.5. The second-order valence-electron chi connectivity index (χ2n) is 5.70. The van der Waals surface area contributed by atoms with Crippen molar-refractivity contribution in [1.82, 2.24) is 19.6 Å². The Morgan fingerprint density at radius 3 is 2.73 bits per heavy atom. The van der Waals surface area contributed by atoms with Crippen LogP contribution in [0.2, 0.25) is 0 Å². The molecule has 1 aromatic carbocycles. The van der Waals surface area contributed by atoms with Crippen molar-refractivity contribution in [3.63, 3.8) is 0 Å². The first kappa shape index (κ1) is 18.1. The molecule has 26 heavy (non-hydrogen) atoms. The third-order valence-corrected chi connectivity index (χ3v) is 4.54. The van der Waals surface area contributed by atoms with Gasteiger partial charge >= 0.3 is 0 Å². The van der Waals surface area contributed by atoms with Crippen molar-refractivity contribution in [1.29, 1.82) is 0 Å². The molecule has 0 aliphatic carbocycles. The highest BCUT2D eigenvalue weighted by Gasteiger charge is 2.13. The zero-order valence-corrected chi connectivity index (χ0v) is 15.8. The maximum atomic E-state index is 12.5. The summed E-state index contributed by atoms with van der Waals surface area (Å²) in [5, 5.41) is 11.2. The van der Waals surface area contributed by atoms with Crippen LogP contribution in [0.1, 0.15) is 29.4 Å². The number of amides is 1. The largest absolute Gasteiger partial charge is 0.305 e. The molecule has 0 unspecified atom stereocenters. The minimum absolute atomic E-state index is 0.187. The van der Waals surface area contributed by atoms with E-state index < -0.39 is 0 Å². The Morgan fingerprint density at radius 2 is 1.96 bits per heavy atom. The fourth-order valence-corrected chi connectivity index (χ4v) is 2.89. The van der Waals surface area contributed by atoms with Crippen molar-refractivity contribution in [2.45, 2.75) is 26.4 Å². The summed E-state index contributed by atoms with van der Waals surface area (Å²) in [6.07, 6.45) is 2.38. The maximum absolute atomic E-state index is 12.5. The van der Waals surface area contributed by atoms with Gasteiger partial charge in [0, 0.05) is 23.2 Å². The number of carbonyl (C=O) groups excluding carboxylic acids is 1. The van der Waals surface area contributed by atoms with E-state index in [4.69, 9.17) is 0 Å². The molecule has 0 saturated heterocycles. The summed E-state index contributed by atoms with van der Waals surface area (Å²) in [4.78, 5) is 24.3. The van der Waals surface area contributed by atoms with E-state index in [-0.39, 0.29) is 17.2 Å². The van der Waals surface area contributed by atoms with Gasteiger partial charge in [0.15, 0.2) is 0 Å². The van der Waals surface area contributed by atoms with E-state index in [1.54, 1.807) is 16.9 Å². The summed E-state index contributed by atoms with van der Waals surface area (Å²) in [6.45, 7) is 2.92. The molecule has 134 valence electrons. The van der Waals surface area contributed by atoms with Crippen molar-refractivity contribution < 1.29 is 4.79 Å². The summed E-state index contributed by atoms with van der Waals surface area (Å²) in [7, 11) is 0. The van der Waals surface area contributed by atoms with Crippen LogP contribution in [0.3, 0.4) is 0 Å². The summed E-state index contributed by atoms with van der Waals surface area (Å²) < 4.78 is 3.97. The second kappa shape index (κ2) is 8.09. The second-order valence-corrected chi connectivity index (χ2v) is 6.55. The van der Waals surface area contributed by atoms with Crippen molar-refractivity contribution in [3.05, 3.63) is 74.7 Å². The zero-order valence-electron chi connectivity index (χ0n) is 14.2. The molecule has 3 aromatic rings. The van der Waals surface area contributed by atoms with Gasteiger partial charge < -0.3 is 5.32 Å². The molecule has 7 nitrogen and oxygen atoms in total. The summed E-state index contributed by atoms with van der Waals surface area (Å²) in [5.74, 6) is 0.171. The number of nitrogens with zero attached hydrogens (tertiary/aromatic N) is 4. The van der Waals surface area contributed by atoms with Gasteiger partial charge in [0.25, 0.3) is 11.5 Å². The lowest BCUT2D eigenvalue weighted by Crippen LogP contribution is -2.26. The van der Waals surface area contributed by atoms with E-state index in [9.17, 15) is 9.59 Å². The molecular formula is C18H18BrN5O2. The van der Waals surface area contributed by atoms with Gasteiger partial charge in [-0.05, 0) is 24.1 Å². The quantitative estimate of drug-likeness (QED) is 0.670. The Kier molecular flexibility index (Phi) is 5.62. The Labute approximate surface area is 158 Å². The fourth-order valence-electron chi connectivity index (χ4n) is 2.48. The lowest BCUT2D eigenvalue weighted by molar-refractivity contribution is 0.101. The number of halogens is 1. The third kappa shape index (κ3) is 4.08. The van der Waals surface area contributed by atoms with Crippen molar-refractivity contribution in [2.75, 3.05) is 5.32 Å². The van der Waals surface area contributed by atoms with E-state index >= 15 is 0 Å². The summed E-state index contributed by atoms with van der Waals surface area (Å²) in [6, 6.07) is 12.3. The molecule has 0 saturated carbocycles. The first-order valence-electron chi connectivity index (χ1n) is 8.23. The van der Waals surface area contributed by atoms with Gasteiger partial charge in [0.2, 0.25) is 0 Å². The van der Waals surface area contributed by atoms with Gasteiger partial charge in [-0.15, -0.1) is 0 Å². The highest BCUT2D eigenvalue weighted by atomic mass is 79.9. The molecule has 2 aromatic heterocycles. The van der Waals surface area contributed by atoms with E-state index in [0.717, 1.165) is 16.5 Å². The molecule has 0 spiro atoms. The first-order valence-corrected chi connectivity index (χ1v) is 9.02. The molecule has 0 fully saturated rings. The number of aryl methyl sites for hydroxylation is 1. The first-order chi connectivity index (χ1) is 12.6. The molecule has 1 N–H and O–H groups in total. The Morgan fingerprint density at radius 1 is 1.15 bits per heavy atom. The van der Waals surface area contributed by atoms with E-state index in [1.165, 1.54) is 16.8 Å². The lowest BCUT2D eigenvalue weighted by Gasteiger charge is -2.10. The topological polar surface area (TPSA) is 81.8 Å².